The van der Waals surface area contributed by atoms with Crippen molar-refractivity contribution in [2.75, 3.05) is 4.72 Å². The number of amides is 1. The fourth-order valence-corrected chi connectivity index (χ4v) is 3.70. The van der Waals surface area contributed by atoms with E-state index in [9.17, 15) is 22.0 Å². The molecule has 150 valence electrons. The molecular formula is C21H18F2N2O3S. The lowest BCUT2D eigenvalue weighted by Crippen LogP contribution is -2.23. The van der Waals surface area contributed by atoms with Gasteiger partial charge in [0.2, 0.25) is 0 Å². The van der Waals surface area contributed by atoms with Crippen molar-refractivity contribution in [3.63, 3.8) is 0 Å². The molecule has 0 aliphatic carbocycles. The smallest absolute Gasteiger partial charge is 0.261 e. The summed E-state index contributed by atoms with van der Waals surface area (Å²) in [7, 11) is -4.09. The van der Waals surface area contributed by atoms with E-state index in [0.29, 0.717) is 18.2 Å². The molecule has 2 N–H and O–H groups in total. The fraction of sp³-hybridized carbons (Fsp3) is 0.0952. The lowest BCUT2D eigenvalue weighted by Gasteiger charge is -2.10. The molecule has 0 saturated heterocycles. The Morgan fingerprint density at radius 2 is 1.62 bits per heavy atom. The summed E-state index contributed by atoms with van der Waals surface area (Å²) in [6.45, 7) is 2.32. The van der Waals surface area contributed by atoms with Crippen molar-refractivity contribution in [2.45, 2.75) is 18.4 Å². The maximum absolute atomic E-state index is 13.3. The predicted molar refractivity (Wildman–Crippen MR) is 106 cm³/mol. The monoisotopic (exact) mass is 416 g/mol. The number of halogens is 2. The summed E-state index contributed by atoms with van der Waals surface area (Å²) in [6, 6.07) is 15.8. The lowest BCUT2D eigenvalue weighted by molar-refractivity contribution is 0.0951. The minimum Gasteiger partial charge on any atom is -0.348 e. The van der Waals surface area contributed by atoms with Gasteiger partial charge in [-0.3, -0.25) is 9.52 Å². The van der Waals surface area contributed by atoms with Crippen molar-refractivity contribution in [3.8, 4) is 0 Å². The number of hydrogen-bond acceptors (Lipinski definition) is 3. The highest BCUT2D eigenvalue weighted by Crippen LogP contribution is 2.19. The quantitative estimate of drug-likeness (QED) is 0.638. The van der Waals surface area contributed by atoms with Crippen LogP contribution in [0.2, 0.25) is 0 Å². The molecule has 8 heteroatoms. The summed E-state index contributed by atoms with van der Waals surface area (Å²) in [4.78, 5) is 11.9. The third-order valence-corrected chi connectivity index (χ3v) is 5.68. The fourth-order valence-electron chi connectivity index (χ4n) is 2.63. The van der Waals surface area contributed by atoms with Gasteiger partial charge in [0, 0.05) is 17.8 Å². The van der Waals surface area contributed by atoms with Crippen molar-refractivity contribution in [1.29, 1.82) is 0 Å². The third-order valence-electron chi connectivity index (χ3n) is 4.30. The molecule has 0 unspecified atom stereocenters. The maximum Gasteiger partial charge on any atom is 0.261 e. The molecule has 5 nitrogen and oxygen atoms in total. The highest BCUT2D eigenvalue weighted by molar-refractivity contribution is 7.92. The minimum atomic E-state index is -4.09. The molecule has 0 fully saturated rings. The molecule has 0 aliphatic rings. The first-order chi connectivity index (χ1) is 13.8. The van der Waals surface area contributed by atoms with Crippen LogP contribution in [-0.2, 0) is 16.6 Å². The Morgan fingerprint density at radius 3 is 2.28 bits per heavy atom. The topological polar surface area (TPSA) is 75.3 Å². The highest BCUT2D eigenvalue weighted by Gasteiger charge is 2.17. The van der Waals surface area contributed by atoms with Gasteiger partial charge in [-0.25, -0.2) is 17.2 Å². The van der Waals surface area contributed by atoms with Crippen molar-refractivity contribution < 1.29 is 22.0 Å². The Hall–Kier alpha value is -3.26. The van der Waals surface area contributed by atoms with Crippen molar-refractivity contribution in [3.05, 3.63) is 95.1 Å². The summed E-state index contributed by atoms with van der Waals surface area (Å²) in [5.74, 6) is -2.69. The number of sulfonamides is 1. The number of anilines is 1. The van der Waals surface area contributed by atoms with Crippen LogP contribution in [0.3, 0.4) is 0 Å². The first-order valence-corrected chi connectivity index (χ1v) is 10.2. The zero-order valence-electron chi connectivity index (χ0n) is 15.4. The standard InChI is InChI=1S/C21H18F2N2O3S/c1-14-4-2-3-5-16(14)13-24-21(26)15-6-8-17(9-7-15)25-29(27,28)18-10-11-19(22)20(23)12-18/h2-12,25H,13H2,1H3,(H,24,26). The largest absolute Gasteiger partial charge is 0.348 e. The summed E-state index contributed by atoms with van der Waals surface area (Å²) < 4.78 is 53.2. The number of carbonyl (C=O) groups is 1. The van der Waals surface area contributed by atoms with Gasteiger partial charge in [-0.1, -0.05) is 24.3 Å². The van der Waals surface area contributed by atoms with Crippen LogP contribution in [0, 0.1) is 18.6 Å². The van der Waals surface area contributed by atoms with Crippen LogP contribution >= 0.6 is 0 Å². The number of benzene rings is 3. The molecule has 3 rings (SSSR count). The van der Waals surface area contributed by atoms with E-state index in [0.717, 1.165) is 23.3 Å². The molecule has 0 saturated carbocycles. The zero-order valence-corrected chi connectivity index (χ0v) is 16.3. The Balaban J connectivity index is 1.67. The number of nitrogens with one attached hydrogen (secondary N) is 2. The molecular weight excluding hydrogens is 398 g/mol. The number of aryl methyl sites for hydroxylation is 1. The molecule has 0 aliphatic heterocycles. The Morgan fingerprint density at radius 1 is 0.931 bits per heavy atom. The van der Waals surface area contributed by atoms with E-state index in [4.69, 9.17) is 0 Å². The van der Waals surface area contributed by atoms with Gasteiger partial charge in [-0.05, 0) is 60.5 Å². The Bertz CT molecular complexity index is 1150. The van der Waals surface area contributed by atoms with Gasteiger partial charge < -0.3 is 5.32 Å². The zero-order chi connectivity index (χ0) is 21.0. The SMILES string of the molecule is Cc1ccccc1CNC(=O)c1ccc(NS(=O)(=O)c2ccc(F)c(F)c2)cc1. The average molecular weight is 416 g/mol. The highest BCUT2D eigenvalue weighted by atomic mass is 32.2. The summed E-state index contributed by atoms with van der Waals surface area (Å²) >= 11 is 0. The van der Waals surface area contributed by atoms with Crippen molar-refractivity contribution in [1.82, 2.24) is 5.32 Å². The minimum absolute atomic E-state index is 0.185. The predicted octanol–water partition coefficient (Wildman–Crippen LogP) is 4.00. The van der Waals surface area contributed by atoms with Gasteiger partial charge in [-0.2, -0.15) is 0 Å². The van der Waals surface area contributed by atoms with Crippen LogP contribution in [0.5, 0.6) is 0 Å². The Kier molecular flexibility index (Phi) is 5.93. The molecule has 0 radical (unpaired) electrons. The van der Waals surface area contributed by atoms with Gasteiger partial charge in [-0.15, -0.1) is 0 Å². The van der Waals surface area contributed by atoms with E-state index in [1.54, 1.807) is 0 Å². The molecule has 3 aromatic rings. The van der Waals surface area contributed by atoms with E-state index < -0.39 is 26.6 Å². The summed E-state index contributed by atoms with van der Waals surface area (Å²) in [5.41, 5.74) is 2.60. The molecule has 3 aromatic carbocycles. The first-order valence-electron chi connectivity index (χ1n) is 8.67. The van der Waals surface area contributed by atoms with Gasteiger partial charge in [0.25, 0.3) is 15.9 Å². The molecule has 0 spiro atoms. The summed E-state index contributed by atoms with van der Waals surface area (Å²) in [6.07, 6.45) is 0. The molecule has 1 amide bonds. The van der Waals surface area contributed by atoms with Gasteiger partial charge >= 0.3 is 0 Å². The second-order valence-electron chi connectivity index (χ2n) is 6.37. The molecule has 0 atom stereocenters. The second kappa shape index (κ2) is 8.40. The van der Waals surface area contributed by atoms with E-state index >= 15 is 0 Å². The van der Waals surface area contributed by atoms with E-state index in [1.165, 1.54) is 24.3 Å². The van der Waals surface area contributed by atoms with E-state index in [1.807, 2.05) is 31.2 Å². The van der Waals surface area contributed by atoms with Crippen LogP contribution in [0.1, 0.15) is 21.5 Å². The van der Waals surface area contributed by atoms with Crippen molar-refractivity contribution in [2.24, 2.45) is 0 Å². The first kappa shape index (κ1) is 20.5. The third kappa shape index (κ3) is 4.97. The molecule has 0 aromatic heterocycles. The second-order valence-corrected chi connectivity index (χ2v) is 8.05. The van der Waals surface area contributed by atoms with E-state index in [-0.39, 0.29) is 11.6 Å². The van der Waals surface area contributed by atoms with Gasteiger partial charge in [0.15, 0.2) is 11.6 Å². The Labute approximate surface area is 167 Å². The van der Waals surface area contributed by atoms with Gasteiger partial charge in [0.1, 0.15) is 0 Å². The maximum atomic E-state index is 13.3. The van der Waals surface area contributed by atoms with Crippen LogP contribution in [0.4, 0.5) is 14.5 Å². The lowest BCUT2D eigenvalue weighted by atomic mass is 10.1. The van der Waals surface area contributed by atoms with Crippen molar-refractivity contribution >= 4 is 21.6 Å². The number of rotatable bonds is 6. The van der Waals surface area contributed by atoms with E-state index in [2.05, 4.69) is 10.0 Å². The van der Waals surface area contributed by atoms with Crippen LogP contribution in [-0.4, -0.2) is 14.3 Å². The molecule has 0 heterocycles. The normalized spacial score (nSPS) is 11.1. The molecule has 0 bridgehead atoms. The average Bonchev–Trinajstić information content (AvgIpc) is 2.69. The van der Waals surface area contributed by atoms with Crippen LogP contribution < -0.4 is 10.0 Å². The number of hydrogen-bond donors (Lipinski definition) is 2. The molecule has 29 heavy (non-hydrogen) atoms. The number of carbonyl (C=O) groups excluding carboxylic acids is 1. The van der Waals surface area contributed by atoms with Gasteiger partial charge in [0.05, 0.1) is 4.90 Å². The van der Waals surface area contributed by atoms with Crippen LogP contribution in [0.25, 0.3) is 0 Å². The summed E-state index contributed by atoms with van der Waals surface area (Å²) in [5, 5.41) is 2.81. The van der Waals surface area contributed by atoms with Crippen LogP contribution in [0.15, 0.2) is 71.6 Å².